The molecule has 6 heteroatoms. The largest absolute Gasteiger partial charge is 0.478 e. The Hall–Kier alpha value is -1.98. The maximum Gasteiger partial charge on any atom is 0.319 e. The predicted octanol–water partition coefficient (Wildman–Crippen LogP) is 2.52. The van der Waals surface area contributed by atoms with E-state index in [0.29, 0.717) is 31.5 Å². The van der Waals surface area contributed by atoms with Gasteiger partial charge in [0, 0.05) is 16.9 Å². The predicted molar refractivity (Wildman–Crippen MR) is 91.9 cm³/mol. The van der Waals surface area contributed by atoms with Crippen LogP contribution in [0.5, 0.6) is 11.9 Å². The molecule has 1 aromatic heterocycles. The summed E-state index contributed by atoms with van der Waals surface area (Å²) < 4.78 is 11.3. The molecule has 136 valence electrons. The van der Waals surface area contributed by atoms with E-state index < -0.39 is 5.92 Å². The van der Waals surface area contributed by atoms with Gasteiger partial charge in [0.05, 0.1) is 24.8 Å². The van der Waals surface area contributed by atoms with Crippen molar-refractivity contribution in [2.45, 2.75) is 52.4 Å². The smallest absolute Gasteiger partial charge is 0.319 e. The number of carbonyl (C=O) groups is 2. The van der Waals surface area contributed by atoms with Crippen LogP contribution < -0.4 is 9.47 Å². The van der Waals surface area contributed by atoms with E-state index in [1.807, 2.05) is 20.8 Å². The van der Waals surface area contributed by atoms with Gasteiger partial charge in [-0.15, -0.1) is 0 Å². The molecular weight excluding hydrogens is 320 g/mol. The Morgan fingerprint density at radius 3 is 2.60 bits per heavy atom. The number of fused-ring (bicyclic) bond motifs is 3. The molecule has 6 nitrogen and oxygen atoms in total. The van der Waals surface area contributed by atoms with Gasteiger partial charge in [0.1, 0.15) is 12.1 Å². The van der Waals surface area contributed by atoms with E-state index in [9.17, 15) is 9.59 Å². The SMILES string of the molecule is CCOc1nc(OCC)c2c(n1)[C@@]1(C)CC(C=O)C(=O)[C@@H](C)[C@@H]1CC2. The van der Waals surface area contributed by atoms with Crippen molar-refractivity contribution in [1.82, 2.24) is 9.97 Å². The van der Waals surface area contributed by atoms with Crippen LogP contribution in [0.25, 0.3) is 0 Å². The highest BCUT2D eigenvalue weighted by atomic mass is 16.5. The van der Waals surface area contributed by atoms with E-state index in [-0.39, 0.29) is 23.0 Å². The van der Waals surface area contributed by atoms with E-state index in [1.54, 1.807) is 0 Å². The van der Waals surface area contributed by atoms with Gasteiger partial charge < -0.3 is 14.3 Å². The number of Topliss-reactive ketones (excluding diaryl/α,β-unsaturated/α-hetero) is 1. The fourth-order valence-corrected chi connectivity index (χ4v) is 4.64. The van der Waals surface area contributed by atoms with Crippen molar-refractivity contribution in [1.29, 1.82) is 0 Å². The summed E-state index contributed by atoms with van der Waals surface area (Å²) in [6.45, 7) is 8.86. The summed E-state index contributed by atoms with van der Waals surface area (Å²) in [5.41, 5.74) is 1.53. The molecule has 0 aromatic carbocycles. The molecule has 1 saturated carbocycles. The van der Waals surface area contributed by atoms with Crippen LogP contribution in [0.2, 0.25) is 0 Å². The topological polar surface area (TPSA) is 78.4 Å². The first-order chi connectivity index (χ1) is 12.0. The van der Waals surface area contributed by atoms with Crippen LogP contribution in [0.3, 0.4) is 0 Å². The third kappa shape index (κ3) is 2.81. The van der Waals surface area contributed by atoms with Gasteiger partial charge >= 0.3 is 6.01 Å². The van der Waals surface area contributed by atoms with Crippen molar-refractivity contribution in [3.05, 3.63) is 11.3 Å². The Kier molecular flexibility index (Phi) is 4.80. The number of aromatic nitrogens is 2. The molecular formula is C19H26N2O4. The number of hydrogen-bond donors (Lipinski definition) is 0. The maximum atomic E-state index is 12.5. The summed E-state index contributed by atoms with van der Waals surface area (Å²) in [4.78, 5) is 33.1. The molecule has 3 rings (SSSR count). The molecule has 0 N–H and O–H groups in total. The lowest BCUT2D eigenvalue weighted by atomic mass is 9.54. The van der Waals surface area contributed by atoms with Gasteiger partial charge in [0.2, 0.25) is 5.88 Å². The molecule has 4 atom stereocenters. The molecule has 25 heavy (non-hydrogen) atoms. The first-order valence-electron chi connectivity index (χ1n) is 9.12. The van der Waals surface area contributed by atoms with Crippen LogP contribution in [-0.2, 0) is 21.4 Å². The van der Waals surface area contributed by atoms with Crippen LogP contribution in [-0.4, -0.2) is 35.3 Å². The van der Waals surface area contributed by atoms with E-state index in [1.165, 1.54) is 0 Å². The molecule has 1 heterocycles. The van der Waals surface area contributed by atoms with E-state index >= 15 is 0 Å². The molecule has 1 fully saturated rings. The Morgan fingerprint density at radius 2 is 1.96 bits per heavy atom. The van der Waals surface area contributed by atoms with E-state index in [0.717, 1.165) is 30.4 Å². The van der Waals surface area contributed by atoms with Gasteiger partial charge in [-0.25, -0.2) is 0 Å². The molecule has 0 aliphatic heterocycles. The Morgan fingerprint density at radius 1 is 1.24 bits per heavy atom. The second kappa shape index (κ2) is 6.73. The molecule has 2 aliphatic rings. The minimum Gasteiger partial charge on any atom is -0.478 e. The number of hydrogen-bond acceptors (Lipinski definition) is 6. The second-order valence-corrected chi connectivity index (χ2v) is 7.20. The number of aldehydes is 1. The van der Waals surface area contributed by atoms with Crippen molar-refractivity contribution in [2.24, 2.45) is 17.8 Å². The van der Waals surface area contributed by atoms with Crippen molar-refractivity contribution in [3.8, 4) is 11.9 Å². The van der Waals surface area contributed by atoms with Crippen LogP contribution in [0.15, 0.2) is 0 Å². The molecule has 1 aromatic rings. The zero-order chi connectivity index (χ0) is 18.2. The lowest BCUT2D eigenvalue weighted by Crippen LogP contribution is -2.51. The van der Waals surface area contributed by atoms with Gasteiger partial charge in [0.15, 0.2) is 0 Å². The Bertz CT molecular complexity index is 690. The van der Waals surface area contributed by atoms with Gasteiger partial charge in [-0.2, -0.15) is 9.97 Å². The van der Waals surface area contributed by atoms with Crippen molar-refractivity contribution in [3.63, 3.8) is 0 Å². The third-order valence-corrected chi connectivity index (χ3v) is 5.79. The average molecular weight is 346 g/mol. The van der Waals surface area contributed by atoms with Crippen LogP contribution >= 0.6 is 0 Å². The van der Waals surface area contributed by atoms with E-state index in [2.05, 4.69) is 16.9 Å². The quantitative estimate of drug-likeness (QED) is 0.602. The maximum absolute atomic E-state index is 12.5. The summed E-state index contributed by atoms with van der Waals surface area (Å²) >= 11 is 0. The first-order valence-corrected chi connectivity index (χ1v) is 9.12. The molecule has 1 unspecified atom stereocenters. The number of carbonyl (C=O) groups excluding carboxylic acids is 2. The molecule has 2 aliphatic carbocycles. The minimum atomic E-state index is -0.566. The zero-order valence-corrected chi connectivity index (χ0v) is 15.4. The average Bonchev–Trinajstić information content (AvgIpc) is 2.59. The van der Waals surface area contributed by atoms with Crippen molar-refractivity contribution >= 4 is 12.1 Å². The lowest BCUT2D eigenvalue weighted by Gasteiger charge is -2.49. The van der Waals surface area contributed by atoms with Gasteiger partial charge in [0.25, 0.3) is 0 Å². The second-order valence-electron chi connectivity index (χ2n) is 7.20. The fourth-order valence-electron chi connectivity index (χ4n) is 4.64. The summed E-state index contributed by atoms with van der Waals surface area (Å²) in [7, 11) is 0. The Balaban J connectivity index is 2.14. The van der Waals surface area contributed by atoms with Gasteiger partial charge in [-0.1, -0.05) is 13.8 Å². The molecule has 0 radical (unpaired) electrons. The van der Waals surface area contributed by atoms with Crippen molar-refractivity contribution < 1.29 is 19.1 Å². The summed E-state index contributed by atoms with van der Waals surface area (Å²) in [6.07, 6.45) is 2.94. The summed E-state index contributed by atoms with van der Waals surface area (Å²) in [6, 6.07) is 0.304. The normalized spacial score (nSPS) is 31.0. The first kappa shape index (κ1) is 17.8. The number of ketones is 1. The number of nitrogens with zero attached hydrogens (tertiary/aromatic N) is 2. The highest BCUT2D eigenvalue weighted by Crippen LogP contribution is 2.53. The highest BCUT2D eigenvalue weighted by molar-refractivity contribution is 5.96. The fraction of sp³-hybridized carbons (Fsp3) is 0.684. The summed E-state index contributed by atoms with van der Waals surface area (Å²) in [5.74, 6) is 0.0850. The van der Waals surface area contributed by atoms with Crippen molar-refractivity contribution in [2.75, 3.05) is 13.2 Å². The molecule has 0 saturated heterocycles. The van der Waals surface area contributed by atoms with Gasteiger partial charge in [-0.05, 0) is 39.0 Å². The van der Waals surface area contributed by atoms with Crippen LogP contribution in [0, 0.1) is 17.8 Å². The van der Waals surface area contributed by atoms with Gasteiger partial charge in [-0.3, -0.25) is 4.79 Å². The van der Waals surface area contributed by atoms with Crippen LogP contribution in [0.4, 0.5) is 0 Å². The lowest BCUT2D eigenvalue weighted by molar-refractivity contribution is -0.137. The van der Waals surface area contributed by atoms with E-state index in [4.69, 9.17) is 9.47 Å². The Labute approximate surface area is 148 Å². The van der Waals surface area contributed by atoms with Crippen LogP contribution in [0.1, 0.15) is 51.8 Å². The monoisotopic (exact) mass is 346 g/mol. The molecule has 0 bridgehead atoms. The third-order valence-electron chi connectivity index (χ3n) is 5.79. The number of rotatable bonds is 5. The molecule has 0 amide bonds. The highest BCUT2D eigenvalue weighted by Gasteiger charge is 2.53. The number of ether oxygens (including phenoxy) is 2. The molecule has 0 spiro atoms. The minimum absolute atomic E-state index is 0.0602. The summed E-state index contributed by atoms with van der Waals surface area (Å²) in [5, 5.41) is 0. The zero-order valence-electron chi connectivity index (χ0n) is 15.4. The standard InChI is InChI=1S/C19H26N2O4/c1-5-24-17-13-7-8-14-11(3)15(23)12(10-22)9-19(14,4)16(13)20-18(21-17)25-6-2/h10-12,14H,5-9H2,1-4H3/t11-,12?,14-,19-/m0/s1.